The van der Waals surface area contributed by atoms with Crippen LogP contribution in [0.2, 0.25) is 0 Å². The van der Waals surface area contributed by atoms with Gasteiger partial charge in [-0.15, -0.1) is 6.42 Å². The first-order valence-corrected chi connectivity index (χ1v) is 6.39. The maximum absolute atomic E-state index is 5.61. The number of hydrogen-bond donors (Lipinski definition) is 1. The lowest BCUT2D eigenvalue weighted by Gasteiger charge is -1.98. The van der Waals surface area contributed by atoms with E-state index in [1.165, 1.54) is 44.9 Å². The molecule has 0 aromatic heterocycles. The third kappa shape index (κ3) is 10.9. The SMILES string of the molecule is C#C/C=C(N)\C=C/CCCCCCCCC. The number of terminal acetylenes is 1. The molecule has 0 atom stereocenters. The number of nitrogens with two attached hydrogens (primary N) is 1. The molecule has 0 radical (unpaired) electrons. The van der Waals surface area contributed by atoms with Crippen molar-refractivity contribution in [1.29, 1.82) is 0 Å². The van der Waals surface area contributed by atoms with E-state index in [-0.39, 0.29) is 0 Å². The number of unbranched alkanes of at least 4 members (excludes halogenated alkanes) is 7. The molecule has 0 amide bonds. The zero-order valence-corrected chi connectivity index (χ0v) is 10.5. The first-order valence-electron chi connectivity index (χ1n) is 6.39. The monoisotopic (exact) mass is 219 g/mol. The summed E-state index contributed by atoms with van der Waals surface area (Å²) >= 11 is 0. The maximum atomic E-state index is 5.61. The molecule has 0 aliphatic heterocycles. The van der Waals surface area contributed by atoms with Gasteiger partial charge in [-0.1, -0.05) is 57.4 Å². The molecule has 0 aromatic rings. The van der Waals surface area contributed by atoms with Crippen LogP contribution in [-0.2, 0) is 0 Å². The summed E-state index contributed by atoms with van der Waals surface area (Å²) in [6, 6.07) is 0. The molecule has 1 nitrogen and oxygen atoms in total. The molecule has 0 aliphatic carbocycles. The van der Waals surface area contributed by atoms with E-state index in [4.69, 9.17) is 12.2 Å². The van der Waals surface area contributed by atoms with Crippen molar-refractivity contribution in [2.24, 2.45) is 5.73 Å². The van der Waals surface area contributed by atoms with Gasteiger partial charge < -0.3 is 5.73 Å². The predicted molar refractivity (Wildman–Crippen MR) is 72.9 cm³/mol. The Balaban J connectivity index is 3.27. The fraction of sp³-hybridized carbons (Fsp3) is 0.600. The van der Waals surface area contributed by atoms with Crippen molar-refractivity contribution in [3.63, 3.8) is 0 Å². The third-order valence-corrected chi connectivity index (χ3v) is 2.53. The van der Waals surface area contributed by atoms with Crippen molar-refractivity contribution in [3.05, 3.63) is 23.9 Å². The molecule has 0 aromatic carbocycles. The van der Waals surface area contributed by atoms with E-state index in [1.807, 2.05) is 6.08 Å². The normalized spacial score (nSPS) is 11.9. The second-order valence-electron chi connectivity index (χ2n) is 4.12. The van der Waals surface area contributed by atoms with Crippen LogP contribution in [0.4, 0.5) is 0 Å². The fourth-order valence-corrected chi connectivity index (χ4v) is 1.58. The summed E-state index contributed by atoms with van der Waals surface area (Å²) in [6.07, 6.45) is 21.2. The molecular weight excluding hydrogens is 194 g/mol. The molecule has 0 bridgehead atoms. The van der Waals surface area contributed by atoms with Crippen molar-refractivity contribution >= 4 is 0 Å². The molecule has 0 rings (SSSR count). The second-order valence-corrected chi connectivity index (χ2v) is 4.12. The molecule has 0 saturated carbocycles. The van der Waals surface area contributed by atoms with Crippen LogP contribution in [-0.4, -0.2) is 0 Å². The zero-order valence-electron chi connectivity index (χ0n) is 10.5. The highest BCUT2D eigenvalue weighted by atomic mass is 14.5. The first kappa shape index (κ1) is 14.8. The molecule has 0 spiro atoms. The van der Waals surface area contributed by atoms with E-state index in [0.717, 1.165) is 6.42 Å². The summed E-state index contributed by atoms with van der Waals surface area (Å²) in [5.41, 5.74) is 6.28. The average molecular weight is 219 g/mol. The van der Waals surface area contributed by atoms with Gasteiger partial charge in [-0.25, -0.2) is 0 Å². The summed E-state index contributed by atoms with van der Waals surface area (Å²) < 4.78 is 0. The molecule has 0 aliphatic rings. The van der Waals surface area contributed by atoms with Crippen molar-refractivity contribution in [1.82, 2.24) is 0 Å². The molecule has 0 saturated heterocycles. The van der Waals surface area contributed by atoms with Crippen LogP contribution in [0.1, 0.15) is 58.3 Å². The van der Waals surface area contributed by atoms with Crippen molar-refractivity contribution < 1.29 is 0 Å². The molecule has 0 fully saturated rings. The Bertz CT molecular complexity index is 243. The van der Waals surface area contributed by atoms with E-state index in [1.54, 1.807) is 6.08 Å². The number of allylic oxidation sites excluding steroid dienone is 3. The predicted octanol–water partition coefficient (Wildman–Crippen LogP) is 4.16. The summed E-state index contributed by atoms with van der Waals surface area (Å²) in [7, 11) is 0. The van der Waals surface area contributed by atoms with E-state index in [9.17, 15) is 0 Å². The minimum Gasteiger partial charge on any atom is -0.398 e. The maximum Gasteiger partial charge on any atom is 0.0395 e. The fourth-order valence-electron chi connectivity index (χ4n) is 1.58. The van der Waals surface area contributed by atoms with Gasteiger partial charge in [0.2, 0.25) is 0 Å². The van der Waals surface area contributed by atoms with E-state index in [0.29, 0.717) is 5.70 Å². The lowest BCUT2D eigenvalue weighted by molar-refractivity contribution is 0.592. The molecule has 16 heavy (non-hydrogen) atoms. The van der Waals surface area contributed by atoms with Crippen LogP contribution in [0, 0.1) is 12.3 Å². The van der Waals surface area contributed by atoms with Gasteiger partial charge in [0.05, 0.1) is 0 Å². The van der Waals surface area contributed by atoms with Gasteiger partial charge in [-0.3, -0.25) is 0 Å². The molecule has 1 heteroatoms. The molecule has 2 N–H and O–H groups in total. The molecule has 0 heterocycles. The summed E-state index contributed by atoms with van der Waals surface area (Å²) in [4.78, 5) is 0. The van der Waals surface area contributed by atoms with E-state index >= 15 is 0 Å². The highest BCUT2D eigenvalue weighted by Gasteiger charge is 1.89. The quantitative estimate of drug-likeness (QED) is 0.352. The van der Waals surface area contributed by atoms with Crippen LogP contribution in [0.25, 0.3) is 0 Å². The van der Waals surface area contributed by atoms with Crippen LogP contribution in [0.3, 0.4) is 0 Å². The Labute approximate surface area is 101 Å². The molecule has 90 valence electrons. The highest BCUT2D eigenvalue weighted by Crippen LogP contribution is 2.08. The number of rotatable bonds is 9. The van der Waals surface area contributed by atoms with Crippen molar-refractivity contribution in [2.45, 2.75) is 58.3 Å². The van der Waals surface area contributed by atoms with Crippen LogP contribution < -0.4 is 5.73 Å². The van der Waals surface area contributed by atoms with Crippen LogP contribution >= 0.6 is 0 Å². The standard InChI is InChI=1S/C15H25N/c1-3-5-6-7-8-9-10-11-12-14-15(16)13-4-2/h2,12-14H,3,5-11,16H2,1H3/b14-12-,15-13+. The third-order valence-electron chi connectivity index (χ3n) is 2.53. The summed E-state index contributed by atoms with van der Waals surface area (Å²) in [5.74, 6) is 2.41. The molecular formula is C15H25N. The minimum absolute atomic E-state index is 0.672. The van der Waals surface area contributed by atoms with Gasteiger partial charge in [0, 0.05) is 11.8 Å². The average Bonchev–Trinajstić information content (AvgIpc) is 2.27. The highest BCUT2D eigenvalue weighted by molar-refractivity contribution is 5.23. The summed E-state index contributed by atoms with van der Waals surface area (Å²) in [5, 5.41) is 0. The van der Waals surface area contributed by atoms with Gasteiger partial charge in [0.15, 0.2) is 0 Å². The van der Waals surface area contributed by atoms with Crippen LogP contribution in [0.15, 0.2) is 23.9 Å². The first-order chi connectivity index (χ1) is 7.81. The van der Waals surface area contributed by atoms with Gasteiger partial charge in [0.25, 0.3) is 0 Å². The molecule has 0 unspecified atom stereocenters. The Hall–Kier alpha value is -1.16. The zero-order chi connectivity index (χ0) is 12.1. The van der Waals surface area contributed by atoms with Crippen LogP contribution in [0.5, 0.6) is 0 Å². The van der Waals surface area contributed by atoms with Gasteiger partial charge in [-0.05, 0) is 18.9 Å². The van der Waals surface area contributed by atoms with Gasteiger partial charge >= 0.3 is 0 Å². The minimum atomic E-state index is 0.672. The van der Waals surface area contributed by atoms with Gasteiger partial charge in [0.1, 0.15) is 0 Å². The lowest BCUT2D eigenvalue weighted by atomic mass is 10.1. The van der Waals surface area contributed by atoms with E-state index in [2.05, 4.69) is 18.9 Å². The lowest BCUT2D eigenvalue weighted by Crippen LogP contribution is -1.91. The largest absolute Gasteiger partial charge is 0.398 e. The van der Waals surface area contributed by atoms with Gasteiger partial charge in [-0.2, -0.15) is 0 Å². The second kappa shape index (κ2) is 11.9. The Morgan fingerprint density at radius 2 is 1.75 bits per heavy atom. The number of hydrogen-bond acceptors (Lipinski definition) is 1. The Morgan fingerprint density at radius 3 is 2.38 bits per heavy atom. The van der Waals surface area contributed by atoms with E-state index < -0.39 is 0 Å². The van der Waals surface area contributed by atoms with Crippen molar-refractivity contribution in [2.75, 3.05) is 0 Å². The Morgan fingerprint density at radius 1 is 1.12 bits per heavy atom. The smallest absolute Gasteiger partial charge is 0.0395 e. The topological polar surface area (TPSA) is 26.0 Å². The van der Waals surface area contributed by atoms with Crippen molar-refractivity contribution in [3.8, 4) is 12.3 Å². The summed E-state index contributed by atoms with van der Waals surface area (Å²) in [6.45, 7) is 2.25. The Kier molecular flexibility index (Phi) is 11.0.